The smallest absolute Gasteiger partial charge is 0.230 e. The van der Waals surface area contributed by atoms with Crippen molar-refractivity contribution >= 4 is 22.4 Å². The molecule has 0 aliphatic rings. The van der Waals surface area contributed by atoms with Crippen LogP contribution in [0.3, 0.4) is 0 Å². The molecule has 1 unspecified atom stereocenters. The summed E-state index contributed by atoms with van der Waals surface area (Å²) in [5.41, 5.74) is 1.20. The Morgan fingerprint density at radius 2 is 1.82 bits per heavy atom. The van der Waals surface area contributed by atoms with Crippen molar-refractivity contribution in [3.05, 3.63) is 58.8 Å². The van der Waals surface area contributed by atoms with Crippen molar-refractivity contribution in [3.63, 3.8) is 0 Å². The van der Waals surface area contributed by atoms with Gasteiger partial charge < -0.3 is 9.73 Å². The van der Waals surface area contributed by atoms with Crippen molar-refractivity contribution in [3.8, 4) is 0 Å². The highest BCUT2D eigenvalue weighted by Gasteiger charge is 2.12. The molecule has 114 valence electrons. The molecule has 0 aliphatic carbocycles. The van der Waals surface area contributed by atoms with Crippen molar-refractivity contribution in [2.75, 3.05) is 0 Å². The Balaban J connectivity index is 1.80. The Kier molecular flexibility index (Phi) is 4.41. The molecule has 1 aromatic heterocycles. The average Bonchev–Trinajstić information content (AvgIpc) is 3.01. The van der Waals surface area contributed by atoms with Gasteiger partial charge in [0, 0.05) is 22.9 Å². The van der Waals surface area contributed by atoms with Crippen LogP contribution in [-0.4, -0.2) is 10.2 Å². The molecule has 0 fully saturated rings. The van der Waals surface area contributed by atoms with Gasteiger partial charge >= 0.3 is 0 Å². The number of hydrogen-bond donors (Lipinski definition) is 1. The van der Waals surface area contributed by atoms with E-state index >= 15 is 0 Å². The number of rotatable bonds is 5. The van der Waals surface area contributed by atoms with Gasteiger partial charge in [-0.3, -0.25) is 0 Å². The molecule has 2 aromatic carbocycles. The fourth-order valence-corrected chi connectivity index (χ4v) is 2.74. The lowest BCUT2D eigenvalue weighted by Crippen LogP contribution is -2.18. The topological polar surface area (TPSA) is 51.0 Å². The number of halogens is 1. The second-order valence-corrected chi connectivity index (χ2v) is 5.64. The van der Waals surface area contributed by atoms with Crippen molar-refractivity contribution in [1.82, 2.24) is 15.5 Å². The first kappa shape index (κ1) is 15.0. The van der Waals surface area contributed by atoms with Crippen LogP contribution in [0.5, 0.6) is 0 Å². The monoisotopic (exact) mass is 315 g/mol. The van der Waals surface area contributed by atoms with Gasteiger partial charge in [0.05, 0.1) is 6.54 Å². The Bertz CT molecular complexity index is 784. The van der Waals surface area contributed by atoms with E-state index in [0.29, 0.717) is 18.3 Å². The predicted molar refractivity (Wildman–Crippen MR) is 87.9 cm³/mol. The molecule has 1 N–H and O–H groups in total. The minimum Gasteiger partial charge on any atom is -0.424 e. The summed E-state index contributed by atoms with van der Waals surface area (Å²) in [7, 11) is 0. The lowest BCUT2D eigenvalue weighted by atomic mass is 9.99. The lowest BCUT2D eigenvalue weighted by Gasteiger charge is -2.16. The van der Waals surface area contributed by atoms with E-state index in [4.69, 9.17) is 16.0 Å². The molecule has 1 heterocycles. The van der Waals surface area contributed by atoms with Crippen LogP contribution in [0, 0.1) is 0 Å². The van der Waals surface area contributed by atoms with Crippen LogP contribution >= 0.6 is 11.6 Å². The minimum absolute atomic E-state index is 0.152. The molecule has 0 saturated heterocycles. The Morgan fingerprint density at radius 3 is 2.55 bits per heavy atom. The summed E-state index contributed by atoms with van der Waals surface area (Å²) in [6.45, 7) is 4.66. The maximum Gasteiger partial charge on any atom is 0.230 e. The summed E-state index contributed by atoms with van der Waals surface area (Å²) in [4.78, 5) is 0. The zero-order chi connectivity index (χ0) is 15.5. The molecule has 5 heteroatoms. The maximum absolute atomic E-state index is 6.27. The molecule has 3 rings (SSSR count). The van der Waals surface area contributed by atoms with Gasteiger partial charge in [0.15, 0.2) is 0 Å². The third-order valence-electron chi connectivity index (χ3n) is 3.74. The van der Waals surface area contributed by atoms with Crippen LogP contribution in [0.25, 0.3) is 10.8 Å². The van der Waals surface area contributed by atoms with E-state index < -0.39 is 0 Å². The summed E-state index contributed by atoms with van der Waals surface area (Å²) in [5, 5.41) is 14.4. The number of aryl methyl sites for hydroxylation is 1. The summed E-state index contributed by atoms with van der Waals surface area (Å²) in [6, 6.07) is 12.3. The average molecular weight is 316 g/mol. The van der Waals surface area contributed by atoms with Crippen molar-refractivity contribution in [2.24, 2.45) is 0 Å². The van der Waals surface area contributed by atoms with Crippen LogP contribution in [0.15, 0.2) is 40.8 Å². The van der Waals surface area contributed by atoms with E-state index in [-0.39, 0.29) is 6.04 Å². The molecule has 22 heavy (non-hydrogen) atoms. The number of hydrogen-bond acceptors (Lipinski definition) is 4. The molecule has 0 bridgehead atoms. The number of fused-ring (bicyclic) bond motifs is 1. The van der Waals surface area contributed by atoms with Gasteiger partial charge in [-0.15, -0.1) is 10.2 Å². The van der Waals surface area contributed by atoms with Crippen LogP contribution in [0.1, 0.15) is 37.2 Å². The predicted octanol–water partition coefficient (Wildman–Crippen LogP) is 4.29. The Hall–Kier alpha value is -1.91. The molecule has 1 atom stereocenters. The van der Waals surface area contributed by atoms with E-state index in [2.05, 4.69) is 34.6 Å². The molecule has 0 saturated carbocycles. The van der Waals surface area contributed by atoms with Crippen molar-refractivity contribution in [2.45, 2.75) is 32.9 Å². The quantitative estimate of drug-likeness (QED) is 0.763. The summed E-state index contributed by atoms with van der Waals surface area (Å²) in [6.07, 6.45) is 0.754. The number of benzene rings is 2. The van der Waals surface area contributed by atoms with Gasteiger partial charge in [0.25, 0.3) is 0 Å². The van der Waals surface area contributed by atoms with E-state index in [1.807, 2.05) is 31.2 Å². The van der Waals surface area contributed by atoms with E-state index in [1.54, 1.807) is 0 Å². The van der Waals surface area contributed by atoms with Gasteiger partial charge in [-0.05, 0) is 23.9 Å². The second-order valence-electron chi connectivity index (χ2n) is 5.23. The van der Waals surface area contributed by atoms with Crippen LogP contribution < -0.4 is 5.32 Å². The zero-order valence-corrected chi connectivity index (χ0v) is 13.4. The van der Waals surface area contributed by atoms with Crippen molar-refractivity contribution < 1.29 is 4.42 Å². The highest BCUT2D eigenvalue weighted by atomic mass is 35.5. The first-order valence-corrected chi connectivity index (χ1v) is 7.78. The van der Waals surface area contributed by atoms with E-state index in [1.165, 1.54) is 5.56 Å². The molecule has 4 nitrogen and oxygen atoms in total. The largest absolute Gasteiger partial charge is 0.424 e. The Labute approximate surface area is 134 Å². The molecule has 0 spiro atoms. The van der Waals surface area contributed by atoms with Gasteiger partial charge in [-0.25, -0.2) is 0 Å². The highest BCUT2D eigenvalue weighted by molar-refractivity contribution is 6.35. The van der Waals surface area contributed by atoms with E-state index in [9.17, 15) is 0 Å². The summed E-state index contributed by atoms with van der Waals surface area (Å²) >= 11 is 6.27. The number of aromatic nitrogens is 2. The lowest BCUT2D eigenvalue weighted by molar-refractivity contribution is 0.422. The molecular weight excluding hydrogens is 298 g/mol. The van der Waals surface area contributed by atoms with Crippen LogP contribution in [-0.2, 0) is 13.0 Å². The molecule has 0 aliphatic heterocycles. The summed E-state index contributed by atoms with van der Waals surface area (Å²) in [5.74, 6) is 1.28. The first-order chi connectivity index (χ1) is 10.7. The second kappa shape index (κ2) is 6.46. The third-order valence-corrected chi connectivity index (χ3v) is 4.07. The highest BCUT2D eigenvalue weighted by Crippen LogP contribution is 2.29. The normalized spacial score (nSPS) is 12.7. The molecule has 0 amide bonds. The summed E-state index contributed by atoms with van der Waals surface area (Å²) < 4.78 is 5.52. The minimum atomic E-state index is 0.152. The third kappa shape index (κ3) is 2.98. The van der Waals surface area contributed by atoms with Gasteiger partial charge in [-0.1, -0.05) is 48.9 Å². The fraction of sp³-hybridized carbons (Fsp3) is 0.294. The van der Waals surface area contributed by atoms with Gasteiger partial charge in [0.1, 0.15) is 0 Å². The zero-order valence-electron chi connectivity index (χ0n) is 12.6. The van der Waals surface area contributed by atoms with Gasteiger partial charge in [-0.2, -0.15) is 0 Å². The van der Waals surface area contributed by atoms with Gasteiger partial charge in [0.2, 0.25) is 11.8 Å². The number of nitrogens with one attached hydrogen (secondary N) is 1. The molecular formula is C17H18ClN3O. The van der Waals surface area contributed by atoms with Crippen molar-refractivity contribution in [1.29, 1.82) is 0 Å². The van der Waals surface area contributed by atoms with Crippen LogP contribution in [0.2, 0.25) is 5.02 Å². The fourth-order valence-electron chi connectivity index (χ4n) is 2.52. The first-order valence-electron chi connectivity index (χ1n) is 7.40. The standard InChI is InChI=1S/C17H18ClN3O/c1-3-16-20-21-17(22-16)10-19-11(2)12-8-9-15(18)14-7-5-4-6-13(12)14/h4-9,11,19H,3,10H2,1-2H3. The Morgan fingerprint density at radius 1 is 1.09 bits per heavy atom. The number of nitrogens with zero attached hydrogens (tertiary/aromatic N) is 2. The SMILES string of the molecule is CCc1nnc(CNC(C)c2ccc(Cl)c3ccccc23)o1. The maximum atomic E-state index is 6.27. The molecule has 3 aromatic rings. The van der Waals surface area contributed by atoms with E-state index in [0.717, 1.165) is 22.2 Å². The van der Waals surface area contributed by atoms with Crippen LogP contribution in [0.4, 0.5) is 0 Å². The molecule has 0 radical (unpaired) electrons.